The average Bonchev–Trinajstić information content (AvgIpc) is 3.03. The second-order valence-electron chi connectivity index (χ2n) is 9.10. The third kappa shape index (κ3) is 5.18. The van der Waals surface area contributed by atoms with Gasteiger partial charge >= 0.3 is 11.5 Å². The zero-order valence-corrected chi connectivity index (χ0v) is 21.1. The van der Waals surface area contributed by atoms with E-state index in [-0.39, 0.29) is 0 Å². The van der Waals surface area contributed by atoms with Crippen molar-refractivity contribution in [3.05, 3.63) is 168 Å². The third-order valence-electron chi connectivity index (χ3n) is 6.51. The number of ether oxygens (including phenoxy) is 1. The van der Waals surface area contributed by atoms with E-state index in [1.807, 2.05) is 146 Å². The Balaban J connectivity index is 1.58. The van der Waals surface area contributed by atoms with Gasteiger partial charge in [0.05, 0.1) is 28.8 Å². The molecule has 0 saturated carbocycles. The molecule has 0 saturated heterocycles. The summed E-state index contributed by atoms with van der Waals surface area (Å²) in [6, 6.07) is 46.1. The van der Waals surface area contributed by atoms with Gasteiger partial charge in [-0.2, -0.15) is 5.26 Å². The molecule has 0 unspecified atom stereocenters. The summed E-state index contributed by atoms with van der Waals surface area (Å²) in [6.45, 7) is 0. The largest absolute Gasteiger partial charge is 0.456 e. The van der Waals surface area contributed by atoms with E-state index in [9.17, 15) is 5.26 Å². The molecule has 184 valence electrons. The molecule has 6 rings (SSSR count). The van der Waals surface area contributed by atoms with E-state index in [1.54, 1.807) is 0 Å². The van der Waals surface area contributed by atoms with Gasteiger partial charge in [-0.25, -0.2) is 4.42 Å². The molecule has 0 aliphatic carbocycles. The van der Waals surface area contributed by atoms with Crippen LogP contribution in [0.25, 0.3) is 39.7 Å². The molecule has 3 nitrogen and oxygen atoms in total. The summed E-state index contributed by atoms with van der Waals surface area (Å²) >= 11 is 0. The van der Waals surface area contributed by atoms with E-state index in [1.165, 1.54) is 0 Å². The van der Waals surface area contributed by atoms with Crippen LogP contribution in [0.3, 0.4) is 0 Å². The Morgan fingerprint density at radius 1 is 0.538 bits per heavy atom. The van der Waals surface area contributed by atoms with Crippen molar-refractivity contribution < 1.29 is 9.15 Å². The SMILES string of the molecule is N#CC(=C1C=C(c2ccccc2)OC(c2ccccc2)=C1)c1cc(-c2ccccc2)[o+]c(-c2ccccc2)c1. The van der Waals surface area contributed by atoms with Crippen molar-refractivity contribution >= 4 is 17.1 Å². The van der Waals surface area contributed by atoms with Crippen molar-refractivity contribution in [2.75, 3.05) is 0 Å². The van der Waals surface area contributed by atoms with E-state index in [0.29, 0.717) is 28.6 Å². The van der Waals surface area contributed by atoms with Gasteiger partial charge in [-0.3, -0.25) is 0 Å². The highest BCUT2D eigenvalue weighted by molar-refractivity contribution is 5.90. The summed E-state index contributed by atoms with van der Waals surface area (Å²) in [7, 11) is 0. The van der Waals surface area contributed by atoms with Crippen molar-refractivity contribution in [3.63, 3.8) is 0 Å². The van der Waals surface area contributed by atoms with Crippen molar-refractivity contribution in [2.24, 2.45) is 0 Å². The Hall–Kier alpha value is -5.46. The number of hydrogen-bond donors (Lipinski definition) is 0. The third-order valence-corrected chi connectivity index (χ3v) is 6.51. The van der Waals surface area contributed by atoms with Gasteiger partial charge in [-0.1, -0.05) is 97.1 Å². The van der Waals surface area contributed by atoms with Crippen LogP contribution in [-0.2, 0) is 4.74 Å². The highest BCUT2D eigenvalue weighted by atomic mass is 16.5. The normalized spacial score (nSPS) is 12.5. The molecule has 1 aliphatic heterocycles. The van der Waals surface area contributed by atoms with Crippen LogP contribution in [0.4, 0.5) is 0 Å². The molecule has 3 heteroatoms. The molecule has 2 heterocycles. The molecule has 0 bridgehead atoms. The standard InChI is InChI=1S/C36H24NO2/c37-25-32(30-21-33(26-13-5-1-6-14-26)38-34(22-30)27-15-7-2-8-16-27)31-23-35(28-17-9-3-10-18-28)39-36(24-31)29-19-11-4-12-20-29/h1-24H/q+1. The van der Waals surface area contributed by atoms with Crippen molar-refractivity contribution in [1.82, 2.24) is 0 Å². The number of rotatable bonds is 5. The molecule has 0 atom stereocenters. The van der Waals surface area contributed by atoms with Gasteiger partial charge in [0, 0.05) is 22.3 Å². The molecule has 4 aromatic carbocycles. The summed E-state index contributed by atoms with van der Waals surface area (Å²) < 4.78 is 12.7. The van der Waals surface area contributed by atoms with E-state index in [4.69, 9.17) is 9.15 Å². The zero-order chi connectivity index (χ0) is 26.4. The van der Waals surface area contributed by atoms with Gasteiger partial charge in [0.2, 0.25) is 0 Å². The van der Waals surface area contributed by atoms with Crippen LogP contribution in [0.2, 0.25) is 0 Å². The average molecular weight is 503 g/mol. The Morgan fingerprint density at radius 3 is 1.31 bits per heavy atom. The molecule has 0 N–H and O–H groups in total. The first-order valence-corrected chi connectivity index (χ1v) is 12.7. The van der Waals surface area contributed by atoms with Crippen LogP contribution >= 0.6 is 0 Å². The second-order valence-corrected chi connectivity index (χ2v) is 9.10. The highest BCUT2D eigenvalue weighted by Gasteiger charge is 2.24. The smallest absolute Gasteiger partial charge is 0.361 e. The zero-order valence-electron chi connectivity index (χ0n) is 21.1. The summed E-state index contributed by atoms with van der Waals surface area (Å²) in [5, 5.41) is 10.5. The summed E-state index contributed by atoms with van der Waals surface area (Å²) in [4.78, 5) is 0. The fourth-order valence-corrected chi connectivity index (χ4v) is 4.57. The molecular formula is C36H24NO2+. The lowest BCUT2D eigenvalue weighted by Gasteiger charge is -2.19. The number of allylic oxidation sites excluding steroid dienone is 4. The Labute approximate surface area is 227 Å². The maximum Gasteiger partial charge on any atom is 0.361 e. The summed E-state index contributed by atoms with van der Waals surface area (Å²) in [6.07, 6.45) is 3.88. The number of hydrogen-bond acceptors (Lipinski definition) is 2. The number of nitrogens with zero attached hydrogens (tertiary/aromatic N) is 1. The minimum Gasteiger partial charge on any atom is -0.456 e. The molecule has 39 heavy (non-hydrogen) atoms. The van der Waals surface area contributed by atoms with Gasteiger partial charge in [0.1, 0.15) is 17.6 Å². The quantitative estimate of drug-likeness (QED) is 0.178. The number of benzene rings is 4. The van der Waals surface area contributed by atoms with Crippen molar-refractivity contribution in [2.45, 2.75) is 0 Å². The fourth-order valence-electron chi connectivity index (χ4n) is 4.57. The molecule has 0 amide bonds. The van der Waals surface area contributed by atoms with Crippen LogP contribution in [0.15, 0.2) is 156 Å². The van der Waals surface area contributed by atoms with E-state index in [2.05, 4.69) is 6.07 Å². The highest BCUT2D eigenvalue weighted by Crippen LogP contribution is 2.37. The molecule has 5 aromatic rings. The predicted octanol–water partition coefficient (Wildman–Crippen LogP) is 9.28. The van der Waals surface area contributed by atoms with Crippen LogP contribution in [-0.4, -0.2) is 0 Å². The maximum absolute atomic E-state index is 10.5. The van der Waals surface area contributed by atoms with Crippen molar-refractivity contribution in [1.29, 1.82) is 5.26 Å². The van der Waals surface area contributed by atoms with Gasteiger partial charge in [0.25, 0.3) is 0 Å². The molecule has 1 aliphatic rings. The monoisotopic (exact) mass is 502 g/mol. The predicted molar refractivity (Wildman–Crippen MR) is 156 cm³/mol. The van der Waals surface area contributed by atoms with Crippen LogP contribution in [0.1, 0.15) is 16.7 Å². The van der Waals surface area contributed by atoms with Gasteiger partial charge in [-0.15, -0.1) is 0 Å². The van der Waals surface area contributed by atoms with Crippen LogP contribution in [0, 0.1) is 11.3 Å². The van der Waals surface area contributed by atoms with E-state index in [0.717, 1.165) is 33.4 Å². The summed E-state index contributed by atoms with van der Waals surface area (Å²) in [5.74, 6) is 2.75. The molecule has 1 aromatic heterocycles. The topological polar surface area (TPSA) is 44.3 Å². The Bertz CT molecular complexity index is 1630. The maximum atomic E-state index is 10.5. The minimum absolute atomic E-state index is 0.533. The van der Waals surface area contributed by atoms with E-state index >= 15 is 0 Å². The molecule has 0 fully saturated rings. The van der Waals surface area contributed by atoms with E-state index < -0.39 is 0 Å². The van der Waals surface area contributed by atoms with Crippen LogP contribution in [0.5, 0.6) is 0 Å². The van der Waals surface area contributed by atoms with Gasteiger partial charge < -0.3 is 4.74 Å². The van der Waals surface area contributed by atoms with Crippen LogP contribution < -0.4 is 0 Å². The lowest BCUT2D eigenvalue weighted by Crippen LogP contribution is -2.01. The second kappa shape index (κ2) is 10.9. The number of nitriles is 1. The fraction of sp³-hybridized carbons (Fsp3) is 0. The molecule has 0 spiro atoms. The minimum atomic E-state index is 0.533. The molecule has 0 radical (unpaired) electrons. The van der Waals surface area contributed by atoms with Crippen molar-refractivity contribution in [3.8, 4) is 28.7 Å². The molecular weight excluding hydrogens is 478 g/mol. The summed E-state index contributed by atoms with van der Waals surface area (Å²) in [5.41, 5.74) is 5.82. The first-order chi connectivity index (χ1) is 19.3. The first-order valence-electron chi connectivity index (χ1n) is 12.7. The van der Waals surface area contributed by atoms with Gasteiger partial charge in [-0.05, 0) is 36.4 Å². The first kappa shape index (κ1) is 23.9. The lowest BCUT2D eigenvalue weighted by molar-refractivity contribution is 0.467. The lowest BCUT2D eigenvalue weighted by atomic mass is 9.95. The Kier molecular flexibility index (Phi) is 6.67. The van der Waals surface area contributed by atoms with Gasteiger partial charge in [0.15, 0.2) is 0 Å². The Morgan fingerprint density at radius 2 is 0.923 bits per heavy atom.